The van der Waals surface area contributed by atoms with E-state index in [-0.39, 0.29) is 23.6 Å². The summed E-state index contributed by atoms with van der Waals surface area (Å²) < 4.78 is 0. The molecule has 0 bridgehead atoms. The molecule has 1 aliphatic heterocycles. The van der Waals surface area contributed by atoms with Gasteiger partial charge in [-0.25, -0.2) is 0 Å². The van der Waals surface area contributed by atoms with Crippen molar-refractivity contribution in [3.8, 4) is 5.75 Å². The highest BCUT2D eigenvalue weighted by atomic mass is 16.3. The first kappa shape index (κ1) is 20.9. The predicted octanol–water partition coefficient (Wildman–Crippen LogP) is 3.53. The smallest absolute Gasteiger partial charge is 0.251 e. The van der Waals surface area contributed by atoms with Crippen molar-refractivity contribution < 1.29 is 14.7 Å². The van der Waals surface area contributed by atoms with Gasteiger partial charge < -0.3 is 15.7 Å². The van der Waals surface area contributed by atoms with Crippen LogP contribution in [0.3, 0.4) is 0 Å². The Hall–Kier alpha value is -2.86. The maximum absolute atomic E-state index is 12.7. The fraction of sp³-hybridized carbons (Fsp3) is 0.391. The number of carbonyl (C=O) groups is 2. The summed E-state index contributed by atoms with van der Waals surface area (Å²) in [6.45, 7) is 4.45. The van der Waals surface area contributed by atoms with E-state index in [1.54, 1.807) is 36.4 Å². The second kappa shape index (κ2) is 10.1. The van der Waals surface area contributed by atoms with E-state index in [9.17, 15) is 14.7 Å². The lowest BCUT2D eigenvalue weighted by Crippen LogP contribution is -2.47. The van der Waals surface area contributed by atoms with Crippen LogP contribution in [0.15, 0.2) is 48.5 Å². The molecule has 3 N–H and O–H groups in total. The van der Waals surface area contributed by atoms with Gasteiger partial charge in [-0.1, -0.05) is 25.1 Å². The average molecular weight is 396 g/mol. The minimum Gasteiger partial charge on any atom is -0.508 e. The number of piperidine rings is 1. The topological polar surface area (TPSA) is 81.7 Å². The molecule has 3 rings (SSSR count). The Kier molecular flexibility index (Phi) is 7.25. The predicted molar refractivity (Wildman–Crippen MR) is 114 cm³/mol. The van der Waals surface area contributed by atoms with Crippen LogP contribution in [0.25, 0.3) is 0 Å². The van der Waals surface area contributed by atoms with Crippen LogP contribution in [0, 0.1) is 0 Å². The van der Waals surface area contributed by atoms with E-state index in [0.717, 1.165) is 44.5 Å². The van der Waals surface area contributed by atoms with E-state index in [4.69, 9.17) is 0 Å². The van der Waals surface area contributed by atoms with Crippen molar-refractivity contribution in [1.82, 2.24) is 10.2 Å². The molecule has 2 aromatic rings. The Morgan fingerprint density at radius 2 is 2.00 bits per heavy atom. The maximum Gasteiger partial charge on any atom is 0.251 e. The van der Waals surface area contributed by atoms with Crippen molar-refractivity contribution in [3.63, 3.8) is 0 Å². The number of aromatic hydroxyl groups is 1. The van der Waals surface area contributed by atoms with Crippen LogP contribution in [0.5, 0.6) is 5.75 Å². The highest BCUT2D eigenvalue weighted by Gasteiger charge is 2.22. The first-order valence-electron chi connectivity index (χ1n) is 10.2. The van der Waals surface area contributed by atoms with E-state index in [1.807, 2.05) is 19.1 Å². The molecule has 0 unspecified atom stereocenters. The molecule has 0 spiro atoms. The molecular weight excluding hydrogens is 366 g/mol. The third-order valence-corrected chi connectivity index (χ3v) is 5.04. The summed E-state index contributed by atoms with van der Waals surface area (Å²) in [5.41, 5.74) is 2.25. The Labute approximate surface area is 171 Å². The van der Waals surface area contributed by atoms with Gasteiger partial charge in [-0.05, 0) is 61.7 Å². The van der Waals surface area contributed by atoms with Crippen molar-refractivity contribution in [2.75, 3.05) is 18.4 Å². The molecule has 154 valence electrons. The zero-order valence-electron chi connectivity index (χ0n) is 16.9. The second-order valence-electron chi connectivity index (χ2n) is 7.60. The standard InChI is InChI=1S/C23H29N3O3/c1-2-6-22(28)24-19-9-4-8-18(14-19)23(29)25-20-10-5-12-26(16-20)15-17-7-3-11-21(27)13-17/h3-4,7-9,11,13-14,20,27H,2,5-6,10,12,15-16H2,1H3,(H,24,28)(H,25,29)/t20-/m0/s1. The molecule has 2 amide bonds. The van der Waals surface area contributed by atoms with Gasteiger partial charge in [-0.15, -0.1) is 0 Å². The van der Waals surface area contributed by atoms with Crippen LogP contribution >= 0.6 is 0 Å². The quantitative estimate of drug-likeness (QED) is 0.670. The molecule has 0 aromatic heterocycles. The summed E-state index contributed by atoms with van der Waals surface area (Å²) in [5, 5.41) is 15.6. The molecule has 1 fully saturated rings. The number of benzene rings is 2. The number of carbonyl (C=O) groups excluding carboxylic acids is 2. The van der Waals surface area contributed by atoms with Crippen LogP contribution in [0.2, 0.25) is 0 Å². The fourth-order valence-electron chi connectivity index (χ4n) is 3.69. The van der Waals surface area contributed by atoms with Gasteiger partial charge in [0.15, 0.2) is 0 Å². The third kappa shape index (κ3) is 6.32. The molecule has 6 nitrogen and oxygen atoms in total. The summed E-state index contributed by atoms with van der Waals surface area (Å²) in [4.78, 5) is 26.8. The van der Waals surface area contributed by atoms with Gasteiger partial charge in [0, 0.05) is 36.8 Å². The van der Waals surface area contributed by atoms with E-state index in [2.05, 4.69) is 15.5 Å². The number of hydrogen-bond acceptors (Lipinski definition) is 4. The summed E-state index contributed by atoms with van der Waals surface area (Å²) in [7, 11) is 0. The molecule has 2 aromatic carbocycles. The number of nitrogens with one attached hydrogen (secondary N) is 2. The normalized spacial score (nSPS) is 16.9. The van der Waals surface area contributed by atoms with Crippen molar-refractivity contribution in [2.45, 2.75) is 45.2 Å². The fourth-order valence-corrected chi connectivity index (χ4v) is 3.69. The molecule has 1 aliphatic rings. The number of amides is 2. The minimum absolute atomic E-state index is 0.0417. The van der Waals surface area contributed by atoms with E-state index < -0.39 is 0 Å². The summed E-state index contributed by atoms with van der Waals surface area (Å²) >= 11 is 0. The number of anilines is 1. The first-order valence-corrected chi connectivity index (χ1v) is 10.2. The molecular formula is C23H29N3O3. The summed E-state index contributed by atoms with van der Waals surface area (Å²) in [6.07, 6.45) is 3.20. The van der Waals surface area contributed by atoms with Gasteiger partial charge in [0.05, 0.1) is 0 Å². The molecule has 1 heterocycles. The Balaban J connectivity index is 1.56. The van der Waals surface area contributed by atoms with Crippen LogP contribution in [0.1, 0.15) is 48.5 Å². The Morgan fingerprint density at radius 3 is 2.79 bits per heavy atom. The average Bonchev–Trinajstić information content (AvgIpc) is 2.68. The van der Waals surface area contributed by atoms with Gasteiger partial charge in [-0.3, -0.25) is 14.5 Å². The number of phenolic OH excluding ortho intramolecular Hbond substituents is 1. The van der Waals surface area contributed by atoms with E-state index in [0.29, 0.717) is 17.7 Å². The summed E-state index contributed by atoms with van der Waals surface area (Å²) in [5.74, 6) is 0.107. The maximum atomic E-state index is 12.7. The van der Waals surface area contributed by atoms with Crippen LogP contribution in [0.4, 0.5) is 5.69 Å². The van der Waals surface area contributed by atoms with Crippen LogP contribution < -0.4 is 10.6 Å². The zero-order valence-corrected chi connectivity index (χ0v) is 16.9. The van der Waals surface area contributed by atoms with E-state index >= 15 is 0 Å². The lowest BCUT2D eigenvalue weighted by Gasteiger charge is -2.33. The third-order valence-electron chi connectivity index (χ3n) is 5.04. The zero-order chi connectivity index (χ0) is 20.6. The van der Waals surface area contributed by atoms with Gasteiger partial charge in [0.1, 0.15) is 5.75 Å². The van der Waals surface area contributed by atoms with Crippen LogP contribution in [-0.4, -0.2) is 41.0 Å². The Bertz CT molecular complexity index is 853. The summed E-state index contributed by atoms with van der Waals surface area (Å²) in [6, 6.07) is 14.4. The highest BCUT2D eigenvalue weighted by Crippen LogP contribution is 2.18. The van der Waals surface area contributed by atoms with Crippen molar-refractivity contribution in [1.29, 1.82) is 0 Å². The number of nitrogens with zero attached hydrogens (tertiary/aromatic N) is 1. The van der Waals surface area contributed by atoms with E-state index in [1.165, 1.54) is 0 Å². The molecule has 1 atom stereocenters. The molecule has 0 radical (unpaired) electrons. The molecule has 29 heavy (non-hydrogen) atoms. The van der Waals surface area contributed by atoms with Gasteiger partial charge in [0.25, 0.3) is 5.91 Å². The number of phenols is 1. The molecule has 1 saturated heterocycles. The second-order valence-corrected chi connectivity index (χ2v) is 7.60. The SMILES string of the molecule is CCCC(=O)Nc1cccc(C(=O)N[C@H]2CCCN(Cc3cccc(O)c3)C2)c1. The largest absolute Gasteiger partial charge is 0.508 e. The first-order chi connectivity index (χ1) is 14.0. The number of rotatable bonds is 7. The highest BCUT2D eigenvalue weighted by molar-refractivity contribution is 5.97. The monoisotopic (exact) mass is 395 g/mol. The number of likely N-dealkylation sites (tertiary alicyclic amines) is 1. The minimum atomic E-state index is -0.124. The molecule has 0 saturated carbocycles. The van der Waals surface area contributed by atoms with Crippen molar-refractivity contribution in [3.05, 3.63) is 59.7 Å². The van der Waals surface area contributed by atoms with Crippen molar-refractivity contribution in [2.24, 2.45) is 0 Å². The molecule has 0 aliphatic carbocycles. The van der Waals surface area contributed by atoms with Gasteiger partial charge >= 0.3 is 0 Å². The van der Waals surface area contributed by atoms with Crippen LogP contribution in [-0.2, 0) is 11.3 Å². The lowest BCUT2D eigenvalue weighted by atomic mass is 10.0. The van der Waals surface area contributed by atoms with Gasteiger partial charge in [0.2, 0.25) is 5.91 Å². The lowest BCUT2D eigenvalue weighted by molar-refractivity contribution is -0.116. The molecule has 6 heteroatoms. The van der Waals surface area contributed by atoms with Gasteiger partial charge in [-0.2, -0.15) is 0 Å². The Morgan fingerprint density at radius 1 is 1.17 bits per heavy atom. The number of hydrogen-bond donors (Lipinski definition) is 3. The van der Waals surface area contributed by atoms with Crippen molar-refractivity contribution >= 4 is 17.5 Å².